The minimum absolute atomic E-state index is 0.0113. The highest BCUT2D eigenvalue weighted by Crippen LogP contribution is 2.15. The average molecular weight is 277 g/mol. The Kier molecular flexibility index (Phi) is 5.35. The van der Waals surface area contributed by atoms with E-state index in [1.807, 2.05) is 26.0 Å². The number of nitrogens with zero attached hydrogens (tertiary/aromatic N) is 2. The molecule has 5 heteroatoms. The molecular weight excluding hydrogens is 254 g/mol. The van der Waals surface area contributed by atoms with Crippen LogP contribution in [-0.4, -0.2) is 48.6 Å². The van der Waals surface area contributed by atoms with Gasteiger partial charge in [0.05, 0.1) is 6.61 Å². The first kappa shape index (κ1) is 14.8. The standard InChI is InChI=1S/C15H23N3O2/c1-3-18(4-2)15(19)14-9-13(5-7-16-14)17-10-12-6-8-20-11-12/h5,7,9,12H,3-4,6,8,10-11H2,1-2H3,(H,16,17). The second kappa shape index (κ2) is 7.24. The Bertz CT molecular complexity index is 440. The van der Waals surface area contributed by atoms with Gasteiger partial charge >= 0.3 is 0 Å². The number of aromatic nitrogens is 1. The van der Waals surface area contributed by atoms with Crippen LogP contribution >= 0.6 is 0 Å². The number of anilines is 1. The molecule has 0 radical (unpaired) electrons. The number of nitrogens with one attached hydrogen (secondary N) is 1. The van der Waals surface area contributed by atoms with E-state index >= 15 is 0 Å². The molecule has 1 aromatic heterocycles. The molecule has 1 aromatic rings. The molecule has 1 N–H and O–H groups in total. The fourth-order valence-corrected chi connectivity index (χ4v) is 2.34. The average Bonchev–Trinajstić information content (AvgIpc) is 3.00. The molecule has 110 valence electrons. The zero-order chi connectivity index (χ0) is 14.4. The van der Waals surface area contributed by atoms with E-state index in [2.05, 4.69) is 10.3 Å². The molecule has 1 fully saturated rings. The molecule has 5 nitrogen and oxygen atoms in total. The SMILES string of the molecule is CCN(CC)C(=O)c1cc(NCC2CCOC2)ccn1. The van der Waals surface area contributed by atoms with E-state index in [0.717, 1.165) is 31.9 Å². The van der Waals surface area contributed by atoms with Crippen molar-refractivity contribution in [3.8, 4) is 0 Å². The van der Waals surface area contributed by atoms with E-state index in [9.17, 15) is 4.79 Å². The van der Waals surface area contributed by atoms with E-state index in [-0.39, 0.29) is 5.91 Å². The van der Waals surface area contributed by atoms with Gasteiger partial charge in [-0.3, -0.25) is 9.78 Å². The summed E-state index contributed by atoms with van der Waals surface area (Å²) in [5, 5.41) is 3.37. The summed E-state index contributed by atoms with van der Waals surface area (Å²) in [6.45, 7) is 7.91. The molecule has 0 aromatic carbocycles. The Labute approximate surface area is 120 Å². The zero-order valence-corrected chi connectivity index (χ0v) is 12.3. The highest BCUT2D eigenvalue weighted by molar-refractivity contribution is 5.93. The number of carbonyl (C=O) groups excluding carboxylic acids is 1. The van der Waals surface area contributed by atoms with Crippen LogP contribution in [0.1, 0.15) is 30.8 Å². The smallest absolute Gasteiger partial charge is 0.272 e. The minimum Gasteiger partial charge on any atom is -0.385 e. The highest BCUT2D eigenvalue weighted by Gasteiger charge is 2.16. The van der Waals surface area contributed by atoms with E-state index in [1.165, 1.54) is 0 Å². The van der Waals surface area contributed by atoms with Crippen molar-refractivity contribution in [1.29, 1.82) is 0 Å². The molecule has 0 aliphatic carbocycles. The molecule has 0 spiro atoms. The number of hydrogen-bond donors (Lipinski definition) is 1. The summed E-state index contributed by atoms with van der Waals surface area (Å²) in [7, 11) is 0. The van der Waals surface area contributed by atoms with Gasteiger partial charge in [-0.15, -0.1) is 0 Å². The summed E-state index contributed by atoms with van der Waals surface area (Å²) in [5.41, 5.74) is 1.45. The van der Waals surface area contributed by atoms with E-state index in [4.69, 9.17) is 4.74 Å². The van der Waals surface area contributed by atoms with E-state index < -0.39 is 0 Å². The summed E-state index contributed by atoms with van der Waals surface area (Å²) in [6, 6.07) is 3.73. The fraction of sp³-hybridized carbons (Fsp3) is 0.600. The Morgan fingerprint density at radius 3 is 2.95 bits per heavy atom. The summed E-state index contributed by atoms with van der Waals surface area (Å²) in [5.74, 6) is 0.549. The predicted octanol–water partition coefficient (Wildman–Crippen LogP) is 2.01. The molecule has 1 aliphatic rings. The minimum atomic E-state index is -0.0113. The van der Waals surface area contributed by atoms with Gasteiger partial charge in [0.2, 0.25) is 0 Å². The molecular formula is C15H23N3O2. The number of carbonyl (C=O) groups is 1. The van der Waals surface area contributed by atoms with Gasteiger partial charge < -0.3 is 15.0 Å². The van der Waals surface area contributed by atoms with Gasteiger partial charge in [0.1, 0.15) is 5.69 Å². The lowest BCUT2D eigenvalue weighted by molar-refractivity contribution is 0.0767. The number of pyridine rings is 1. The van der Waals surface area contributed by atoms with Crippen molar-refractivity contribution < 1.29 is 9.53 Å². The van der Waals surface area contributed by atoms with Crippen molar-refractivity contribution in [3.63, 3.8) is 0 Å². The fourth-order valence-electron chi connectivity index (χ4n) is 2.34. The topological polar surface area (TPSA) is 54.5 Å². The largest absolute Gasteiger partial charge is 0.385 e. The van der Waals surface area contributed by atoms with Crippen LogP contribution in [0.3, 0.4) is 0 Å². The maximum absolute atomic E-state index is 12.2. The quantitative estimate of drug-likeness (QED) is 0.864. The van der Waals surface area contributed by atoms with Crippen molar-refractivity contribution in [2.75, 3.05) is 38.2 Å². The van der Waals surface area contributed by atoms with Crippen LogP contribution in [0.15, 0.2) is 18.3 Å². The molecule has 20 heavy (non-hydrogen) atoms. The number of amides is 1. The zero-order valence-electron chi connectivity index (χ0n) is 12.3. The van der Waals surface area contributed by atoms with Crippen molar-refractivity contribution in [2.45, 2.75) is 20.3 Å². The van der Waals surface area contributed by atoms with Crippen molar-refractivity contribution in [3.05, 3.63) is 24.0 Å². The van der Waals surface area contributed by atoms with Gasteiger partial charge in [0.15, 0.2) is 0 Å². The highest BCUT2D eigenvalue weighted by atomic mass is 16.5. The summed E-state index contributed by atoms with van der Waals surface area (Å²) < 4.78 is 5.35. The maximum Gasteiger partial charge on any atom is 0.272 e. The molecule has 0 saturated carbocycles. The van der Waals surface area contributed by atoms with Crippen molar-refractivity contribution in [2.24, 2.45) is 5.92 Å². The Hall–Kier alpha value is -1.62. The number of ether oxygens (including phenoxy) is 1. The summed E-state index contributed by atoms with van der Waals surface area (Å²) in [4.78, 5) is 18.2. The predicted molar refractivity (Wildman–Crippen MR) is 78.9 cm³/mol. The lowest BCUT2D eigenvalue weighted by atomic mass is 10.1. The van der Waals surface area contributed by atoms with Crippen LogP contribution < -0.4 is 5.32 Å². The van der Waals surface area contributed by atoms with Gasteiger partial charge in [0, 0.05) is 44.0 Å². The molecule has 1 saturated heterocycles. The lowest BCUT2D eigenvalue weighted by Gasteiger charge is -2.18. The van der Waals surface area contributed by atoms with Gasteiger partial charge in [-0.1, -0.05) is 0 Å². The first-order valence-electron chi connectivity index (χ1n) is 7.31. The normalized spacial score (nSPS) is 18.0. The molecule has 0 bridgehead atoms. The Balaban J connectivity index is 1.97. The Morgan fingerprint density at radius 2 is 2.30 bits per heavy atom. The second-order valence-corrected chi connectivity index (χ2v) is 5.02. The van der Waals surface area contributed by atoms with Crippen molar-refractivity contribution >= 4 is 11.6 Å². The lowest BCUT2D eigenvalue weighted by Crippen LogP contribution is -2.31. The van der Waals surface area contributed by atoms with Crippen LogP contribution in [0, 0.1) is 5.92 Å². The van der Waals surface area contributed by atoms with E-state index in [1.54, 1.807) is 11.1 Å². The van der Waals surface area contributed by atoms with Crippen LogP contribution in [0.2, 0.25) is 0 Å². The molecule has 1 unspecified atom stereocenters. The third kappa shape index (κ3) is 3.70. The third-order valence-electron chi connectivity index (χ3n) is 3.65. The molecule has 1 amide bonds. The first-order chi connectivity index (χ1) is 9.74. The maximum atomic E-state index is 12.2. The van der Waals surface area contributed by atoms with Gasteiger partial charge in [-0.05, 0) is 32.4 Å². The van der Waals surface area contributed by atoms with Crippen LogP contribution in [0.25, 0.3) is 0 Å². The molecule has 1 atom stereocenters. The monoisotopic (exact) mass is 277 g/mol. The second-order valence-electron chi connectivity index (χ2n) is 5.02. The molecule has 2 rings (SSSR count). The van der Waals surface area contributed by atoms with E-state index in [0.29, 0.717) is 24.7 Å². The number of rotatable bonds is 6. The molecule has 1 aliphatic heterocycles. The van der Waals surface area contributed by atoms with Gasteiger partial charge in [-0.25, -0.2) is 0 Å². The third-order valence-corrected chi connectivity index (χ3v) is 3.65. The van der Waals surface area contributed by atoms with Crippen LogP contribution in [-0.2, 0) is 4.74 Å². The number of hydrogen-bond acceptors (Lipinski definition) is 4. The van der Waals surface area contributed by atoms with Gasteiger partial charge in [0.25, 0.3) is 5.91 Å². The van der Waals surface area contributed by atoms with Crippen LogP contribution in [0.4, 0.5) is 5.69 Å². The van der Waals surface area contributed by atoms with Crippen LogP contribution in [0.5, 0.6) is 0 Å². The molecule has 2 heterocycles. The Morgan fingerprint density at radius 1 is 1.50 bits per heavy atom. The summed E-state index contributed by atoms with van der Waals surface area (Å²) >= 11 is 0. The summed E-state index contributed by atoms with van der Waals surface area (Å²) in [6.07, 6.45) is 2.79. The van der Waals surface area contributed by atoms with Gasteiger partial charge in [-0.2, -0.15) is 0 Å². The van der Waals surface area contributed by atoms with Crippen molar-refractivity contribution in [1.82, 2.24) is 9.88 Å². The first-order valence-corrected chi connectivity index (χ1v) is 7.31.